The molecule has 4 aliphatic rings. The molecule has 1 aromatic heterocycles. The number of nitrogens with zero attached hydrogens (tertiary/aromatic N) is 1. The number of carbonyl (C=O) groups excluding carboxylic acids is 4. The molecule has 2 aromatic carbocycles. The van der Waals surface area contributed by atoms with E-state index in [1.165, 1.54) is 0 Å². The zero-order valence-corrected chi connectivity index (χ0v) is 22.4. The second-order valence-electron chi connectivity index (χ2n) is 11.4. The molecule has 0 radical (unpaired) electrons. The second-order valence-corrected chi connectivity index (χ2v) is 11.4. The molecule has 0 bridgehead atoms. The van der Waals surface area contributed by atoms with Gasteiger partial charge in [0.25, 0.3) is 11.8 Å². The Balaban J connectivity index is 1.45. The molecular weight excluding hydrogens is 522 g/mol. The number of aryl methyl sites for hydroxylation is 1. The number of anilines is 1. The lowest BCUT2D eigenvalue weighted by molar-refractivity contribution is -0.139. The lowest BCUT2D eigenvalue weighted by Gasteiger charge is -2.49. The summed E-state index contributed by atoms with van der Waals surface area (Å²) >= 11 is 0. The first-order valence-corrected chi connectivity index (χ1v) is 13.9. The van der Waals surface area contributed by atoms with Crippen LogP contribution in [0.15, 0.2) is 82.8 Å². The molecule has 3 heterocycles. The fraction of sp³-hybridized carbons (Fsp3) is 0.312. The molecule has 3 N–H and O–H groups in total. The van der Waals surface area contributed by atoms with Gasteiger partial charge < -0.3 is 9.52 Å². The van der Waals surface area contributed by atoms with Gasteiger partial charge >= 0.3 is 0 Å². The zero-order chi connectivity index (χ0) is 28.5. The van der Waals surface area contributed by atoms with Crippen molar-refractivity contribution >= 4 is 29.3 Å². The fourth-order valence-electron chi connectivity index (χ4n) is 7.60. The van der Waals surface area contributed by atoms with Crippen LogP contribution in [0.25, 0.3) is 0 Å². The molecule has 9 heteroatoms. The maximum Gasteiger partial charge on any atom is 0.260 e. The number of aliphatic hydroxyl groups excluding tert-OH is 1. The van der Waals surface area contributed by atoms with Crippen molar-refractivity contribution in [2.24, 2.45) is 23.7 Å². The molecule has 6 unspecified atom stereocenters. The molecule has 1 saturated carbocycles. The molecule has 6 atom stereocenters. The molecule has 3 aromatic rings. The van der Waals surface area contributed by atoms with E-state index in [0.717, 1.165) is 16.1 Å². The number of fused-ring (bicyclic) bond motifs is 4. The Morgan fingerprint density at radius 3 is 2.44 bits per heavy atom. The number of aliphatic hydroxyl groups is 1. The van der Waals surface area contributed by atoms with Crippen molar-refractivity contribution in [1.29, 1.82) is 0 Å². The number of hydrogen-bond acceptors (Lipinski definition) is 7. The molecule has 4 amide bonds. The predicted molar refractivity (Wildman–Crippen MR) is 147 cm³/mol. The van der Waals surface area contributed by atoms with Crippen LogP contribution in [0.1, 0.15) is 41.4 Å². The van der Waals surface area contributed by atoms with Gasteiger partial charge in [0.2, 0.25) is 11.8 Å². The fourth-order valence-corrected chi connectivity index (χ4v) is 7.60. The van der Waals surface area contributed by atoms with Crippen molar-refractivity contribution < 1.29 is 28.7 Å². The van der Waals surface area contributed by atoms with Crippen LogP contribution in [0.3, 0.4) is 0 Å². The van der Waals surface area contributed by atoms with E-state index >= 15 is 0 Å². The van der Waals surface area contributed by atoms with Gasteiger partial charge in [-0.15, -0.1) is 0 Å². The highest BCUT2D eigenvalue weighted by molar-refractivity contribution is 6.13. The van der Waals surface area contributed by atoms with Gasteiger partial charge in [-0.3, -0.25) is 29.9 Å². The van der Waals surface area contributed by atoms with Gasteiger partial charge in [0.1, 0.15) is 23.5 Å². The van der Waals surface area contributed by atoms with Crippen molar-refractivity contribution in [1.82, 2.24) is 10.3 Å². The first kappa shape index (κ1) is 25.5. The van der Waals surface area contributed by atoms with E-state index in [0.29, 0.717) is 29.2 Å². The molecule has 3 fully saturated rings. The van der Waals surface area contributed by atoms with Gasteiger partial charge in [-0.2, -0.15) is 5.01 Å². The van der Waals surface area contributed by atoms with Crippen molar-refractivity contribution in [3.8, 4) is 0 Å². The SMILES string of the molecule is Cc1ccc(NN2C(=O)C3CC4C(=CCC5C(=O)NC(=O)C54)C(c4ccc(CO)o4)C3(c3ccccc3)C2=O)cc1. The van der Waals surface area contributed by atoms with Crippen LogP contribution in [0.2, 0.25) is 0 Å². The largest absolute Gasteiger partial charge is 0.463 e. The first-order valence-electron chi connectivity index (χ1n) is 13.9. The third-order valence-electron chi connectivity index (χ3n) is 9.36. The van der Waals surface area contributed by atoms with Crippen molar-refractivity contribution in [2.45, 2.75) is 37.7 Å². The van der Waals surface area contributed by atoms with Crippen molar-refractivity contribution in [2.75, 3.05) is 5.43 Å². The number of allylic oxidation sites excluding steroid dienone is 2. The molecule has 41 heavy (non-hydrogen) atoms. The van der Waals surface area contributed by atoms with E-state index in [1.807, 2.05) is 67.6 Å². The summed E-state index contributed by atoms with van der Waals surface area (Å²) in [4.78, 5) is 54.9. The summed E-state index contributed by atoms with van der Waals surface area (Å²) in [6.07, 6.45) is 2.54. The molecule has 208 valence electrons. The van der Waals surface area contributed by atoms with Gasteiger partial charge in [-0.05, 0) is 55.5 Å². The minimum atomic E-state index is -1.38. The van der Waals surface area contributed by atoms with Crippen LogP contribution in [-0.2, 0) is 31.2 Å². The molecule has 2 aliphatic heterocycles. The lowest BCUT2D eigenvalue weighted by atomic mass is 9.50. The van der Waals surface area contributed by atoms with E-state index in [1.54, 1.807) is 12.1 Å². The number of nitrogens with one attached hydrogen (secondary N) is 2. The number of benzene rings is 2. The highest BCUT2D eigenvalue weighted by Crippen LogP contribution is 2.63. The Hall–Kier alpha value is -4.50. The minimum absolute atomic E-state index is 0.226. The quantitative estimate of drug-likeness (QED) is 0.328. The van der Waals surface area contributed by atoms with Crippen LogP contribution in [0, 0.1) is 30.6 Å². The molecule has 2 aliphatic carbocycles. The Bertz CT molecular complexity index is 1610. The van der Waals surface area contributed by atoms with Crippen LogP contribution in [-0.4, -0.2) is 33.7 Å². The summed E-state index contributed by atoms with van der Waals surface area (Å²) in [5, 5.41) is 13.4. The van der Waals surface area contributed by atoms with Gasteiger partial charge in [-0.1, -0.05) is 59.7 Å². The van der Waals surface area contributed by atoms with Gasteiger partial charge in [0.15, 0.2) is 0 Å². The van der Waals surface area contributed by atoms with E-state index in [-0.39, 0.29) is 24.8 Å². The minimum Gasteiger partial charge on any atom is -0.463 e. The third kappa shape index (κ3) is 3.58. The molecule has 0 spiro atoms. The van der Waals surface area contributed by atoms with Crippen LogP contribution >= 0.6 is 0 Å². The summed E-state index contributed by atoms with van der Waals surface area (Å²) in [5.41, 5.74) is 4.79. The highest BCUT2D eigenvalue weighted by atomic mass is 16.4. The Kier molecular flexibility index (Phi) is 5.76. The van der Waals surface area contributed by atoms with Gasteiger partial charge in [0.05, 0.1) is 29.4 Å². The topological polar surface area (TPSA) is 129 Å². The predicted octanol–water partition coefficient (Wildman–Crippen LogP) is 3.35. The zero-order valence-electron chi connectivity index (χ0n) is 22.4. The summed E-state index contributed by atoms with van der Waals surface area (Å²) < 4.78 is 6.12. The summed E-state index contributed by atoms with van der Waals surface area (Å²) in [6, 6.07) is 20.1. The average Bonchev–Trinajstić information content (AvgIpc) is 3.64. The standard InChI is InChI=1S/C32H29N3O6/c1-17-7-9-19(10-8-17)34-35-30(39)24-15-23-21(12-13-22-26(23)29(38)33-28(22)37)27(25-14-11-20(16-36)41-25)32(24,31(35)40)18-5-3-2-4-6-18/h2-12,14,22-24,26-27,34,36H,13,15-16H2,1H3,(H,33,37,38). The van der Waals surface area contributed by atoms with Crippen molar-refractivity contribution in [3.63, 3.8) is 0 Å². The summed E-state index contributed by atoms with van der Waals surface area (Å²) in [6.45, 7) is 1.63. The monoisotopic (exact) mass is 551 g/mol. The number of furan rings is 1. The van der Waals surface area contributed by atoms with E-state index in [2.05, 4.69) is 10.7 Å². The van der Waals surface area contributed by atoms with E-state index in [9.17, 15) is 24.3 Å². The second kappa shape index (κ2) is 9.27. The maximum absolute atomic E-state index is 14.8. The van der Waals surface area contributed by atoms with Gasteiger partial charge in [0, 0.05) is 0 Å². The van der Waals surface area contributed by atoms with Gasteiger partial charge in [-0.25, -0.2) is 0 Å². The third-order valence-corrected chi connectivity index (χ3v) is 9.36. The average molecular weight is 552 g/mol. The normalized spacial score (nSPS) is 30.4. The maximum atomic E-state index is 14.8. The van der Waals surface area contributed by atoms with Crippen LogP contribution < -0.4 is 10.7 Å². The van der Waals surface area contributed by atoms with E-state index < -0.39 is 46.8 Å². The Morgan fingerprint density at radius 1 is 0.976 bits per heavy atom. The van der Waals surface area contributed by atoms with Crippen LogP contribution in [0.4, 0.5) is 5.69 Å². The lowest BCUT2D eigenvalue weighted by Crippen LogP contribution is -2.53. The number of imide groups is 2. The number of hydrogen-bond donors (Lipinski definition) is 3. The Morgan fingerprint density at radius 2 is 1.73 bits per heavy atom. The number of amides is 4. The van der Waals surface area contributed by atoms with Crippen LogP contribution in [0.5, 0.6) is 0 Å². The number of rotatable bonds is 5. The smallest absolute Gasteiger partial charge is 0.260 e. The molecule has 7 rings (SSSR count). The molecule has 2 saturated heterocycles. The first-order chi connectivity index (χ1) is 19.8. The number of hydrazine groups is 1. The molecular formula is C32H29N3O6. The van der Waals surface area contributed by atoms with E-state index in [4.69, 9.17) is 4.42 Å². The molecule has 9 nitrogen and oxygen atoms in total. The summed E-state index contributed by atoms with van der Waals surface area (Å²) in [5.74, 6) is -3.86. The summed E-state index contributed by atoms with van der Waals surface area (Å²) in [7, 11) is 0. The number of carbonyl (C=O) groups is 4. The Labute approximate surface area is 236 Å². The van der Waals surface area contributed by atoms with Crippen molar-refractivity contribution in [3.05, 3.63) is 101 Å². The highest BCUT2D eigenvalue weighted by Gasteiger charge is 2.70.